The van der Waals surface area contributed by atoms with Gasteiger partial charge in [-0.3, -0.25) is 0 Å². The van der Waals surface area contributed by atoms with Crippen molar-refractivity contribution in [3.05, 3.63) is 47.7 Å². The van der Waals surface area contributed by atoms with Crippen LogP contribution in [0.15, 0.2) is 36.4 Å². The van der Waals surface area contributed by atoms with Crippen molar-refractivity contribution >= 4 is 17.4 Å². The Hall–Kier alpha value is -2.76. The normalized spacial score (nSPS) is 14.3. The van der Waals surface area contributed by atoms with Crippen LogP contribution in [0.1, 0.15) is 18.2 Å². The monoisotopic (exact) mass is 354 g/mol. The highest BCUT2D eigenvalue weighted by molar-refractivity contribution is 5.91. The van der Waals surface area contributed by atoms with Gasteiger partial charge in [0.2, 0.25) is 5.88 Å². The third kappa shape index (κ3) is 3.90. The highest BCUT2D eigenvalue weighted by Crippen LogP contribution is 2.26. The Balaban J connectivity index is 1.64. The predicted molar refractivity (Wildman–Crippen MR) is 104 cm³/mol. The summed E-state index contributed by atoms with van der Waals surface area (Å²) in [6.07, 6.45) is 0.863. The molecule has 0 atom stereocenters. The molecule has 0 bridgehead atoms. The second-order valence-electron chi connectivity index (χ2n) is 6.38. The molecule has 0 aliphatic carbocycles. The van der Waals surface area contributed by atoms with Crippen molar-refractivity contribution in [2.24, 2.45) is 0 Å². The van der Waals surface area contributed by atoms with Crippen molar-refractivity contribution < 1.29 is 9.53 Å². The number of nitrogens with one attached hydrogen (secondary N) is 1. The Labute approximate surface area is 154 Å². The topological polar surface area (TPSA) is 57.7 Å². The lowest BCUT2D eigenvalue weighted by Crippen LogP contribution is -2.50. The smallest absolute Gasteiger partial charge is 0.322 e. The Morgan fingerprint density at radius 3 is 2.50 bits per heavy atom. The number of aromatic nitrogens is 1. The van der Waals surface area contributed by atoms with Gasteiger partial charge < -0.3 is 19.9 Å². The van der Waals surface area contributed by atoms with Gasteiger partial charge in [-0.25, -0.2) is 9.78 Å². The van der Waals surface area contributed by atoms with E-state index < -0.39 is 0 Å². The lowest BCUT2D eigenvalue weighted by atomic mass is 10.1. The van der Waals surface area contributed by atoms with Crippen LogP contribution in [0, 0.1) is 6.92 Å². The van der Waals surface area contributed by atoms with Crippen molar-refractivity contribution in [2.45, 2.75) is 20.3 Å². The Kier molecular flexibility index (Phi) is 5.61. The molecule has 1 aliphatic rings. The highest BCUT2D eigenvalue weighted by atomic mass is 16.5. The summed E-state index contributed by atoms with van der Waals surface area (Å²) in [6.45, 7) is 7.04. The number of piperazine rings is 1. The molecule has 0 radical (unpaired) electrons. The minimum absolute atomic E-state index is 0.108. The first-order chi connectivity index (χ1) is 12.6. The molecule has 26 heavy (non-hydrogen) atoms. The summed E-state index contributed by atoms with van der Waals surface area (Å²) in [7, 11) is 1.57. The summed E-state index contributed by atoms with van der Waals surface area (Å²) in [5.41, 5.74) is 3.86. The molecule has 1 aromatic carbocycles. The van der Waals surface area contributed by atoms with Gasteiger partial charge in [0.25, 0.3) is 0 Å². The number of carbonyl (C=O) groups is 1. The molecule has 0 spiro atoms. The lowest BCUT2D eigenvalue weighted by molar-refractivity contribution is 0.208. The van der Waals surface area contributed by atoms with E-state index in [4.69, 9.17) is 4.74 Å². The molecule has 138 valence electrons. The first-order valence-corrected chi connectivity index (χ1v) is 9.02. The van der Waals surface area contributed by atoms with E-state index in [2.05, 4.69) is 34.3 Å². The number of pyridine rings is 1. The van der Waals surface area contributed by atoms with Crippen molar-refractivity contribution in [3.8, 4) is 5.88 Å². The number of hydrogen-bond acceptors (Lipinski definition) is 4. The molecule has 2 aromatic rings. The van der Waals surface area contributed by atoms with Gasteiger partial charge in [0, 0.05) is 37.6 Å². The van der Waals surface area contributed by atoms with Crippen LogP contribution >= 0.6 is 0 Å². The maximum absolute atomic E-state index is 12.7. The number of urea groups is 1. The van der Waals surface area contributed by atoms with Gasteiger partial charge in [0.05, 0.1) is 7.11 Å². The number of hydrogen-bond donors (Lipinski definition) is 1. The van der Waals surface area contributed by atoms with Gasteiger partial charge in [-0.05, 0) is 37.1 Å². The maximum Gasteiger partial charge on any atom is 0.322 e. The second-order valence-corrected chi connectivity index (χ2v) is 6.38. The second kappa shape index (κ2) is 8.08. The van der Waals surface area contributed by atoms with Crippen LogP contribution in [-0.2, 0) is 6.42 Å². The molecule has 6 heteroatoms. The number of ether oxygens (including phenoxy) is 1. The molecule has 2 heterocycles. The number of amides is 2. The zero-order chi connectivity index (χ0) is 18.5. The predicted octanol–water partition coefficient (Wildman–Crippen LogP) is 3.32. The molecular weight excluding hydrogens is 328 g/mol. The van der Waals surface area contributed by atoms with E-state index in [1.54, 1.807) is 7.11 Å². The van der Waals surface area contributed by atoms with E-state index in [1.807, 2.05) is 36.1 Å². The molecule has 2 amide bonds. The molecule has 3 rings (SSSR count). The first kappa shape index (κ1) is 18.0. The van der Waals surface area contributed by atoms with Crippen molar-refractivity contribution in [1.29, 1.82) is 0 Å². The highest BCUT2D eigenvalue weighted by Gasteiger charge is 2.22. The molecular formula is C20H26N4O2. The van der Waals surface area contributed by atoms with Gasteiger partial charge in [0.15, 0.2) is 0 Å². The van der Waals surface area contributed by atoms with Gasteiger partial charge in [-0.2, -0.15) is 0 Å². The van der Waals surface area contributed by atoms with Crippen LogP contribution in [0.25, 0.3) is 0 Å². The molecule has 1 aliphatic heterocycles. The average molecular weight is 354 g/mol. The number of carbonyl (C=O) groups excluding carboxylic acids is 1. The number of methoxy groups -OCH3 is 1. The SMILES string of the molecule is CCc1cc(NC(=O)N2CCN(c3ccccc3)CC2)c(OC)nc1C. The minimum atomic E-state index is -0.108. The van der Waals surface area contributed by atoms with Crippen LogP contribution in [-0.4, -0.2) is 49.2 Å². The summed E-state index contributed by atoms with van der Waals surface area (Å²) in [5.74, 6) is 0.455. The van der Waals surface area contributed by atoms with Crippen LogP contribution in [0.4, 0.5) is 16.2 Å². The first-order valence-electron chi connectivity index (χ1n) is 9.02. The molecule has 1 saturated heterocycles. The Morgan fingerprint density at radius 1 is 1.19 bits per heavy atom. The van der Waals surface area contributed by atoms with Crippen LogP contribution in [0.5, 0.6) is 5.88 Å². The van der Waals surface area contributed by atoms with E-state index >= 15 is 0 Å². The lowest BCUT2D eigenvalue weighted by Gasteiger charge is -2.36. The van der Waals surface area contributed by atoms with E-state index in [0.717, 1.165) is 30.8 Å². The number of rotatable bonds is 4. The van der Waals surface area contributed by atoms with Gasteiger partial charge in [-0.1, -0.05) is 25.1 Å². The number of nitrogens with zero attached hydrogens (tertiary/aromatic N) is 3. The van der Waals surface area contributed by atoms with Crippen molar-refractivity contribution in [3.63, 3.8) is 0 Å². The van der Waals surface area contributed by atoms with E-state index in [9.17, 15) is 4.79 Å². The number of anilines is 2. The zero-order valence-electron chi connectivity index (χ0n) is 15.7. The summed E-state index contributed by atoms with van der Waals surface area (Å²) in [6, 6.07) is 12.1. The standard InChI is InChI=1S/C20H26N4O2/c1-4-16-14-18(19(26-3)21-15(16)2)22-20(25)24-12-10-23(11-13-24)17-8-6-5-7-9-17/h5-9,14H,4,10-13H2,1-3H3,(H,22,25). The van der Waals surface area contributed by atoms with E-state index in [1.165, 1.54) is 5.69 Å². The molecule has 6 nitrogen and oxygen atoms in total. The van der Waals surface area contributed by atoms with Crippen molar-refractivity contribution in [2.75, 3.05) is 43.5 Å². The number of para-hydroxylation sites is 1. The zero-order valence-corrected chi connectivity index (χ0v) is 15.7. The van der Waals surface area contributed by atoms with Gasteiger partial charge >= 0.3 is 6.03 Å². The Morgan fingerprint density at radius 2 is 1.88 bits per heavy atom. The third-order valence-corrected chi connectivity index (χ3v) is 4.79. The van der Waals surface area contributed by atoms with Gasteiger partial charge in [-0.15, -0.1) is 0 Å². The van der Waals surface area contributed by atoms with E-state index in [-0.39, 0.29) is 6.03 Å². The Bertz CT molecular complexity index is 756. The summed E-state index contributed by atoms with van der Waals surface area (Å²) in [4.78, 5) is 21.3. The van der Waals surface area contributed by atoms with Crippen LogP contribution < -0.4 is 15.0 Å². The molecule has 0 saturated carbocycles. The largest absolute Gasteiger partial charge is 0.480 e. The minimum Gasteiger partial charge on any atom is -0.480 e. The average Bonchev–Trinajstić information content (AvgIpc) is 2.69. The number of benzene rings is 1. The summed E-state index contributed by atoms with van der Waals surface area (Å²) in [5, 5.41) is 2.97. The molecule has 1 fully saturated rings. The third-order valence-electron chi connectivity index (χ3n) is 4.79. The van der Waals surface area contributed by atoms with E-state index in [0.29, 0.717) is 24.7 Å². The fraction of sp³-hybridized carbons (Fsp3) is 0.400. The number of aryl methyl sites for hydroxylation is 2. The molecule has 0 unspecified atom stereocenters. The summed E-state index contributed by atoms with van der Waals surface area (Å²) < 4.78 is 5.34. The quantitative estimate of drug-likeness (QED) is 0.915. The molecule has 1 aromatic heterocycles. The maximum atomic E-state index is 12.7. The van der Waals surface area contributed by atoms with Crippen LogP contribution in [0.3, 0.4) is 0 Å². The molecule has 1 N–H and O–H groups in total. The van der Waals surface area contributed by atoms with Crippen molar-refractivity contribution in [1.82, 2.24) is 9.88 Å². The summed E-state index contributed by atoms with van der Waals surface area (Å²) >= 11 is 0. The fourth-order valence-corrected chi connectivity index (χ4v) is 3.23. The fourth-order valence-electron chi connectivity index (χ4n) is 3.23. The van der Waals surface area contributed by atoms with Gasteiger partial charge in [0.1, 0.15) is 5.69 Å². The van der Waals surface area contributed by atoms with Crippen LogP contribution in [0.2, 0.25) is 0 Å².